The molecule has 1 atom stereocenters. The van der Waals surface area contributed by atoms with Crippen molar-refractivity contribution in [1.82, 2.24) is 0 Å². The molecule has 0 N–H and O–H groups in total. The van der Waals surface area contributed by atoms with Gasteiger partial charge in [0.25, 0.3) is 0 Å². The van der Waals surface area contributed by atoms with Gasteiger partial charge >= 0.3 is 0 Å². The molecule has 1 unspecified atom stereocenters. The Hall–Kier alpha value is -1.13. The monoisotopic (exact) mass is 338 g/mol. The van der Waals surface area contributed by atoms with Crippen LogP contribution in [0.1, 0.15) is 23.3 Å². The summed E-state index contributed by atoms with van der Waals surface area (Å²) in [4.78, 5) is 0.362. The Labute approximate surface area is 122 Å². The summed E-state index contributed by atoms with van der Waals surface area (Å²) in [6.45, 7) is 3.66. The minimum Gasteiger partial charge on any atom is -0.223 e. The minimum absolute atomic E-state index is 0.362. The van der Waals surface area contributed by atoms with E-state index in [0.29, 0.717) is 4.90 Å². The van der Waals surface area contributed by atoms with Gasteiger partial charge < -0.3 is 0 Å². The van der Waals surface area contributed by atoms with Crippen molar-refractivity contribution >= 4 is 25.8 Å². The number of hydrogen-bond donors (Lipinski definition) is 0. The molecule has 100 valence electrons. The number of aryl methyl sites for hydroxylation is 1. The molecule has 0 fully saturated rings. The van der Waals surface area contributed by atoms with E-state index in [1.54, 1.807) is 19.1 Å². The van der Waals surface area contributed by atoms with Crippen LogP contribution >= 0.6 is 15.9 Å². The van der Waals surface area contributed by atoms with Crippen molar-refractivity contribution in [2.75, 3.05) is 0 Å². The summed E-state index contributed by atoms with van der Waals surface area (Å²) in [5, 5.41) is -0.578. The molecule has 0 aliphatic carbocycles. The first kappa shape index (κ1) is 14.3. The van der Waals surface area contributed by atoms with Crippen molar-refractivity contribution in [2.24, 2.45) is 0 Å². The standard InChI is InChI=1S/C15H15BrO2S/c1-11-7-9-13(10-8-11)19(17,18)12(2)14-5-3-4-6-15(14)16/h3-10,12H,1-2H3. The summed E-state index contributed by atoms with van der Waals surface area (Å²) < 4.78 is 26.0. The Balaban J connectivity index is 2.45. The van der Waals surface area contributed by atoms with Crippen molar-refractivity contribution in [3.05, 3.63) is 64.1 Å². The quantitative estimate of drug-likeness (QED) is 0.836. The molecule has 19 heavy (non-hydrogen) atoms. The highest BCUT2D eigenvalue weighted by molar-refractivity contribution is 9.10. The van der Waals surface area contributed by atoms with Crippen LogP contribution in [0.15, 0.2) is 57.9 Å². The fourth-order valence-electron chi connectivity index (χ4n) is 1.90. The molecule has 0 saturated carbocycles. The highest BCUT2D eigenvalue weighted by Crippen LogP contribution is 2.32. The van der Waals surface area contributed by atoms with E-state index in [2.05, 4.69) is 15.9 Å². The third kappa shape index (κ3) is 2.90. The molecule has 0 radical (unpaired) electrons. The molecule has 2 aromatic carbocycles. The SMILES string of the molecule is Cc1ccc(S(=O)(=O)C(C)c2ccccc2Br)cc1. The molecule has 0 aliphatic rings. The van der Waals surface area contributed by atoms with Crippen molar-refractivity contribution in [2.45, 2.75) is 24.0 Å². The lowest BCUT2D eigenvalue weighted by atomic mass is 10.2. The van der Waals surface area contributed by atoms with Gasteiger partial charge in [0.2, 0.25) is 0 Å². The maximum absolute atomic E-state index is 12.6. The predicted octanol–water partition coefficient (Wildman–Crippen LogP) is 4.29. The molecule has 0 amide bonds. The fourth-order valence-corrected chi connectivity index (χ4v) is 4.15. The Morgan fingerprint density at radius 3 is 2.16 bits per heavy atom. The van der Waals surface area contributed by atoms with Gasteiger partial charge in [-0.1, -0.05) is 51.8 Å². The lowest BCUT2D eigenvalue weighted by Gasteiger charge is -2.15. The first-order chi connectivity index (χ1) is 8.93. The summed E-state index contributed by atoms with van der Waals surface area (Å²) in [5.74, 6) is 0. The summed E-state index contributed by atoms with van der Waals surface area (Å²) >= 11 is 3.41. The lowest BCUT2D eigenvalue weighted by Crippen LogP contribution is -2.11. The van der Waals surface area contributed by atoms with Crippen LogP contribution in [0.4, 0.5) is 0 Å². The van der Waals surface area contributed by atoms with Crippen molar-refractivity contribution in [3.63, 3.8) is 0 Å². The van der Waals surface area contributed by atoms with Gasteiger partial charge in [0, 0.05) is 4.47 Å². The molecule has 0 aromatic heterocycles. The van der Waals surface area contributed by atoms with E-state index in [1.807, 2.05) is 43.3 Å². The van der Waals surface area contributed by atoms with Crippen LogP contribution in [0.5, 0.6) is 0 Å². The van der Waals surface area contributed by atoms with Crippen LogP contribution in [0, 0.1) is 6.92 Å². The molecule has 0 heterocycles. The van der Waals surface area contributed by atoms with Crippen molar-refractivity contribution in [1.29, 1.82) is 0 Å². The summed E-state index contributed by atoms with van der Waals surface area (Å²) in [6, 6.07) is 14.4. The maximum atomic E-state index is 12.6. The largest absolute Gasteiger partial charge is 0.223 e. The topological polar surface area (TPSA) is 34.1 Å². The maximum Gasteiger partial charge on any atom is 0.185 e. The van der Waals surface area contributed by atoms with Crippen LogP contribution in [-0.2, 0) is 9.84 Å². The van der Waals surface area contributed by atoms with Gasteiger partial charge in [0.15, 0.2) is 9.84 Å². The number of hydrogen-bond acceptors (Lipinski definition) is 2. The molecule has 2 nitrogen and oxygen atoms in total. The molecule has 0 bridgehead atoms. The fraction of sp³-hybridized carbons (Fsp3) is 0.200. The summed E-state index contributed by atoms with van der Waals surface area (Å²) in [7, 11) is -3.36. The van der Waals surface area contributed by atoms with E-state index in [9.17, 15) is 8.42 Å². The summed E-state index contributed by atoms with van der Waals surface area (Å²) in [6.07, 6.45) is 0. The molecule has 2 rings (SSSR count). The molecular formula is C15H15BrO2S. The number of benzene rings is 2. The Bertz CT molecular complexity index is 676. The van der Waals surface area contributed by atoms with E-state index < -0.39 is 15.1 Å². The highest BCUT2D eigenvalue weighted by atomic mass is 79.9. The van der Waals surface area contributed by atoms with Crippen LogP contribution in [0.25, 0.3) is 0 Å². The third-order valence-corrected chi connectivity index (χ3v) is 5.99. The minimum atomic E-state index is -3.36. The lowest BCUT2D eigenvalue weighted by molar-refractivity contribution is 0.586. The molecule has 2 aromatic rings. The molecule has 0 aliphatic heterocycles. The van der Waals surface area contributed by atoms with Crippen LogP contribution in [-0.4, -0.2) is 8.42 Å². The number of rotatable bonds is 3. The number of halogens is 1. The smallest absolute Gasteiger partial charge is 0.185 e. The average Bonchev–Trinajstić information content (AvgIpc) is 2.39. The zero-order valence-electron chi connectivity index (χ0n) is 10.8. The first-order valence-electron chi connectivity index (χ1n) is 5.98. The van der Waals surface area contributed by atoms with Crippen LogP contribution in [0.2, 0.25) is 0 Å². The van der Waals surface area contributed by atoms with Crippen molar-refractivity contribution in [3.8, 4) is 0 Å². The van der Waals surface area contributed by atoms with Crippen LogP contribution in [0.3, 0.4) is 0 Å². The van der Waals surface area contributed by atoms with Gasteiger partial charge in [-0.2, -0.15) is 0 Å². The van der Waals surface area contributed by atoms with Gasteiger partial charge in [0.1, 0.15) is 0 Å². The van der Waals surface area contributed by atoms with E-state index in [1.165, 1.54) is 0 Å². The van der Waals surface area contributed by atoms with E-state index in [0.717, 1.165) is 15.6 Å². The zero-order valence-corrected chi connectivity index (χ0v) is 13.2. The van der Waals surface area contributed by atoms with E-state index >= 15 is 0 Å². The Morgan fingerprint density at radius 2 is 1.58 bits per heavy atom. The van der Waals surface area contributed by atoms with Gasteiger partial charge in [-0.05, 0) is 37.6 Å². The normalized spacial score (nSPS) is 13.2. The average molecular weight is 339 g/mol. The highest BCUT2D eigenvalue weighted by Gasteiger charge is 2.26. The zero-order chi connectivity index (χ0) is 14.0. The second-order valence-corrected chi connectivity index (χ2v) is 7.64. The van der Waals surface area contributed by atoms with Gasteiger partial charge in [-0.3, -0.25) is 0 Å². The second kappa shape index (κ2) is 5.47. The second-order valence-electron chi connectivity index (χ2n) is 4.52. The van der Waals surface area contributed by atoms with Crippen LogP contribution < -0.4 is 0 Å². The Kier molecular flexibility index (Phi) is 4.11. The molecular weight excluding hydrogens is 324 g/mol. The predicted molar refractivity (Wildman–Crippen MR) is 80.9 cm³/mol. The van der Waals surface area contributed by atoms with Crippen molar-refractivity contribution < 1.29 is 8.42 Å². The van der Waals surface area contributed by atoms with E-state index in [4.69, 9.17) is 0 Å². The molecule has 4 heteroatoms. The summed E-state index contributed by atoms with van der Waals surface area (Å²) in [5.41, 5.74) is 1.83. The number of sulfone groups is 1. The molecule has 0 saturated heterocycles. The van der Waals surface area contributed by atoms with Gasteiger partial charge in [0.05, 0.1) is 10.1 Å². The van der Waals surface area contributed by atoms with Gasteiger partial charge in [-0.15, -0.1) is 0 Å². The third-order valence-electron chi connectivity index (χ3n) is 3.16. The first-order valence-corrected chi connectivity index (χ1v) is 8.32. The Morgan fingerprint density at radius 1 is 1.00 bits per heavy atom. The van der Waals surface area contributed by atoms with E-state index in [-0.39, 0.29) is 0 Å². The van der Waals surface area contributed by atoms with Gasteiger partial charge in [-0.25, -0.2) is 8.42 Å². The molecule has 0 spiro atoms.